The number of aromatic nitrogens is 3. The fraction of sp³-hybridized carbons (Fsp3) is 0.450. The van der Waals surface area contributed by atoms with E-state index in [1.165, 1.54) is 4.57 Å². The molecule has 0 bridgehead atoms. The van der Waals surface area contributed by atoms with Crippen molar-refractivity contribution in [1.82, 2.24) is 24.9 Å². The van der Waals surface area contributed by atoms with E-state index >= 15 is 0 Å². The van der Waals surface area contributed by atoms with E-state index < -0.39 is 5.76 Å². The quantitative estimate of drug-likeness (QED) is 0.648. The number of nitrogens with one attached hydrogen (secondary N) is 1. The number of piperidine rings is 1. The van der Waals surface area contributed by atoms with Crippen molar-refractivity contribution in [2.45, 2.75) is 45.2 Å². The van der Waals surface area contributed by atoms with Gasteiger partial charge in [0.15, 0.2) is 11.4 Å². The number of fused-ring (bicyclic) bond motifs is 1. The fourth-order valence-electron chi connectivity index (χ4n) is 3.66. The lowest BCUT2D eigenvalue weighted by atomic mass is 9.96. The summed E-state index contributed by atoms with van der Waals surface area (Å²) in [6.45, 7) is 3.27. The van der Waals surface area contributed by atoms with E-state index in [4.69, 9.17) is 8.94 Å². The molecule has 0 unspecified atom stereocenters. The molecule has 0 aliphatic carbocycles. The molecule has 10 nitrogen and oxygen atoms in total. The van der Waals surface area contributed by atoms with Crippen LogP contribution in [0.3, 0.4) is 0 Å². The van der Waals surface area contributed by atoms with Gasteiger partial charge in [0.2, 0.25) is 17.7 Å². The van der Waals surface area contributed by atoms with Crippen molar-refractivity contribution in [1.29, 1.82) is 0 Å². The summed E-state index contributed by atoms with van der Waals surface area (Å²) in [7, 11) is 0. The molecule has 0 radical (unpaired) electrons. The highest BCUT2D eigenvalue weighted by atomic mass is 16.5. The van der Waals surface area contributed by atoms with Gasteiger partial charge in [0.1, 0.15) is 0 Å². The SMILES string of the molecule is CC(=O)N1CCC(c2noc(CNC(=O)CCn3c(=O)oc4ccccc43)n2)CC1. The van der Waals surface area contributed by atoms with E-state index in [1.54, 1.807) is 25.1 Å². The van der Waals surface area contributed by atoms with Gasteiger partial charge < -0.3 is 19.2 Å². The van der Waals surface area contributed by atoms with E-state index in [0.717, 1.165) is 12.8 Å². The minimum Gasteiger partial charge on any atom is -0.408 e. The molecule has 0 saturated carbocycles. The van der Waals surface area contributed by atoms with Crippen LogP contribution in [-0.4, -0.2) is 44.5 Å². The van der Waals surface area contributed by atoms with Crippen LogP contribution in [0.5, 0.6) is 0 Å². The van der Waals surface area contributed by atoms with Gasteiger partial charge in [-0.3, -0.25) is 14.2 Å². The second-order valence-corrected chi connectivity index (χ2v) is 7.34. The Balaban J connectivity index is 1.27. The Labute approximate surface area is 171 Å². The van der Waals surface area contributed by atoms with E-state index in [0.29, 0.717) is 35.9 Å². The number of para-hydroxylation sites is 2. The summed E-state index contributed by atoms with van der Waals surface area (Å²) in [4.78, 5) is 41.7. The number of amides is 2. The van der Waals surface area contributed by atoms with Gasteiger partial charge in [0.05, 0.1) is 12.1 Å². The van der Waals surface area contributed by atoms with E-state index in [1.807, 2.05) is 11.0 Å². The highest BCUT2D eigenvalue weighted by molar-refractivity contribution is 5.76. The minimum absolute atomic E-state index is 0.0793. The molecule has 2 aromatic heterocycles. The number of rotatable bonds is 6. The molecule has 3 aromatic rings. The summed E-state index contributed by atoms with van der Waals surface area (Å²) in [6.07, 6.45) is 1.70. The Bertz CT molecular complexity index is 1110. The maximum Gasteiger partial charge on any atom is 0.419 e. The first-order valence-corrected chi connectivity index (χ1v) is 9.94. The lowest BCUT2D eigenvalue weighted by Crippen LogP contribution is -2.36. The van der Waals surface area contributed by atoms with Crippen LogP contribution in [0.1, 0.15) is 43.8 Å². The molecule has 0 atom stereocenters. The topological polar surface area (TPSA) is 123 Å². The van der Waals surface area contributed by atoms with Crippen LogP contribution in [-0.2, 0) is 22.7 Å². The van der Waals surface area contributed by atoms with Gasteiger partial charge in [-0.1, -0.05) is 17.3 Å². The van der Waals surface area contributed by atoms with Crippen molar-refractivity contribution in [3.63, 3.8) is 0 Å². The van der Waals surface area contributed by atoms with Crippen molar-refractivity contribution in [3.05, 3.63) is 46.5 Å². The van der Waals surface area contributed by atoms with Gasteiger partial charge in [0, 0.05) is 38.9 Å². The van der Waals surface area contributed by atoms with Crippen molar-refractivity contribution in [2.24, 2.45) is 0 Å². The van der Waals surface area contributed by atoms with Gasteiger partial charge in [-0.2, -0.15) is 4.98 Å². The molecule has 1 aliphatic heterocycles. The van der Waals surface area contributed by atoms with Gasteiger partial charge >= 0.3 is 5.76 Å². The molecule has 2 amide bonds. The molecule has 10 heteroatoms. The van der Waals surface area contributed by atoms with Crippen LogP contribution in [0.25, 0.3) is 11.1 Å². The summed E-state index contributed by atoms with van der Waals surface area (Å²) >= 11 is 0. The number of hydrogen-bond donors (Lipinski definition) is 1. The lowest BCUT2D eigenvalue weighted by Gasteiger charge is -2.29. The molecule has 1 fully saturated rings. The average molecular weight is 413 g/mol. The Morgan fingerprint density at radius 3 is 2.77 bits per heavy atom. The number of benzene rings is 1. The smallest absolute Gasteiger partial charge is 0.408 e. The van der Waals surface area contributed by atoms with Crippen LogP contribution in [0.2, 0.25) is 0 Å². The number of oxazole rings is 1. The Kier molecular flexibility index (Phi) is 5.64. The molecule has 3 heterocycles. The first kappa shape index (κ1) is 19.9. The molecule has 1 saturated heterocycles. The molecule has 30 heavy (non-hydrogen) atoms. The third-order valence-corrected chi connectivity index (χ3v) is 5.36. The molecule has 1 aromatic carbocycles. The van der Waals surface area contributed by atoms with Crippen LogP contribution in [0.15, 0.2) is 38.0 Å². The Morgan fingerprint density at radius 1 is 1.23 bits per heavy atom. The normalized spacial score (nSPS) is 14.9. The summed E-state index contributed by atoms with van der Waals surface area (Å²) in [6, 6.07) is 7.09. The van der Waals surface area contributed by atoms with E-state index in [2.05, 4.69) is 15.5 Å². The Hall–Kier alpha value is -3.43. The predicted molar refractivity (Wildman–Crippen MR) is 105 cm³/mol. The van der Waals surface area contributed by atoms with Crippen LogP contribution < -0.4 is 11.1 Å². The number of likely N-dealkylation sites (tertiary alicyclic amines) is 1. The van der Waals surface area contributed by atoms with Crippen molar-refractivity contribution in [2.75, 3.05) is 13.1 Å². The fourth-order valence-corrected chi connectivity index (χ4v) is 3.66. The third kappa shape index (κ3) is 4.27. The number of carbonyl (C=O) groups is 2. The van der Waals surface area contributed by atoms with Crippen LogP contribution in [0, 0.1) is 0 Å². The Morgan fingerprint density at radius 2 is 2.00 bits per heavy atom. The molecule has 0 spiro atoms. The number of aryl methyl sites for hydroxylation is 1. The van der Waals surface area contributed by atoms with Gasteiger partial charge in [0.25, 0.3) is 0 Å². The predicted octanol–water partition coefficient (Wildman–Crippen LogP) is 1.41. The van der Waals surface area contributed by atoms with Crippen LogP contribution in [0.4, 0.5) is 0 Å². The second-order valence-electron chi connectivity index (χ2n) is 7.34. The number of nitrogens with zero attached hydrogens (tertiary/aromatic N) is 4. The molecule has 4 rings (SSSR count). The number of hydrogen-bond acceptors (Lipinski definition) is 7. The van der Waals surface area contributed by atoms with Gasteiger partial charge in [-0.25, -0.2) is 4.79 Å². The highest BCUT2D eigenvalue weighted by Gasteiger charge is 2.25. The van der Waals surface area contributed by atoms with E-state index in [-0.39, 0.29) is 37.2 Å². The zero-order valence-corrected chi connectivity index (χ0v) is 16.7. The summed E-state index contributed by atoms with van der Waals surface area (Å²) < 4.78 is 11.8. The van der Waals surface area contributed by atoms with Gasteiger partial charge in [-0.05, 0) is 25.0 Å². The van der Waals surface area contributed by atoms with Crippen molar-refractivity contribution < 1.29 is 18.5 Å². The minimum atomic E-state index is -0.485. The first-order valence-electron chi connectivity index (χ1n) is 9.94. The summed E-state index contributed by atoms with van der Waals surface area (Å²) in [5, 5.41) is 6.75. The summed E-state index contributed by atoms with van der Waals surface area (Å²) in [5.74, 6) is 0.450. The third-order valence-electron chi connectivity index (χ3n) is 5.36. The zero-order chi connectivity index (χ0) is 21.1. The van der Waals surface area contributed by atoms with Gasteiger partial charge in [-0.15, -0.1) is 0 Å². The van der Waals surface area contributed by atoms with E-state index in [9.17, 15) is 14.4 Å². The van der Waals surface area contributed by atoms with Crippen molar-refractivity contribution >= 4 is 22.9 Å². The molecule has 1 N–H and O–H groups in total. The molecule has 158 valence electrons. The maximum absolute atomic E-state index is 12.2. The number of carbonyl (C=O) groups excluding carboxylic acids is 2. The monoisotopic (exact) mass is 413 g/mol. The maximum atomic E-state index is 12.2. The molecular formula is C20H23N5O5. The largest absolute Gasteiger partial charge is 0.419 e. The summed E-state index contributed by atoms with van der Waals surface area (Å²) in [5.41, 5.74) is 1.16. The second kappa shape index (κ2) is 8.52. The zero-order valence-electron chi connectivity index (χ0n) is 16.7. The standard InChI is InChI=1S/C20H23N5O5/c1-13(26)24-9-6-14(7-10-24)19-22-18(30-23-19)12-21-17(27)8-11-25-15-4-2-3-5-16(15)29-20(25)28/h2-5,14H,6-12H2,1H3,(H,21,27). The highest BCUT2D eigenvalue weighted by Crippen LogP contribution is 2.25. The average Bonchev–Trinajstić information content (AvgIpc) is 3.34. The first-order chi connectivity index (χ1) is 14.5. The van der Waals surface area contributed by atoms with Crippen molar-refractivity contribution in [3.8, 4) is 0 Å². The molecule has 1 aliphatic rings. The lowest BCUT2D eigenvalue weighted by molar-refractivity contribution is -0.129. The van der Waals surface area contributed by atoms with Crippen LogP contribution >= 0.6 is 0 Å². The molecular weight excluding hydrogens is 390 g/mol.